The van der Waals surface area contributed by atoms with Crippen LogP contribution in [0.1, 0.15) is 13.8 Å². The first kappa shape index (κ1) is 21.3. The number of benzene rings is 2. The number of hydrogen-bond acceptors (Lipinski definition) is 4. The van der Waals surface area contributed by atoms with E-state index < -0.39 is 6.10 Å². The molecule has 2 amide bonds. The van der Waals surface area contributed by atoms with E-state index in [4.69, 9.17) is 27.9 Å². The summed E-state index contributed by atoms with van der Waals surface area (Å²) in [7, 11) is 0. The minimum atomic E-state index is -0.729. The van der Waals surface area contributed by atoms with Crippen molar-refractivity contribution in [2.45, 2.75) is 20.0 Å². The lowest BCUT2D eigenvalue weighted by Gasteiger charge is -2.35. The Morgan fingerprint density at radius 1 is 1.03 bits per heavy atom. The van der Waals surface area contributed by atoms with Crippen LogP contribution in [0.2, 0.25) is 10.0 Å². The quantitative estimate of drug-likeness (QED) is 0.768. The second kappa shape index (κ2) is 9.37. The molecule has 2 aromatic carbocycles. The van der Waals surface area contributed by atoms with Crippen molar-refractivity contribution in [3.05, 3.63) is 52.5 Å². The molecule has 1 aliphatic heterocycles. The normalized spacial score (nSPS) is 15.0. The number of carbonyl (C=O) groups is 2. The van der Waals surface area contributed by atoms with Gasteiger partial charge in [0.05, 0.1) is 5.02 Å². The van der Waals surface area contributed by atoms with Gasteiger partial charge in [-0.2, -0.15) is 0 Å². The van der Waals surface area contributed by atoms with Crippen molar-refractivity contribution < 1.29 is 14.3 Å². The number of nitrogens with zero attached hydrogens (tertiary/aromatic N) is 2. The molecule has 2 aromatic rings. The van der Waals surface area contributed by atoms with E-state index in [2.05, 4.69) is 10.2 Å². The standard InChI is InChI=1S/C21H23Cl2N3O3/c1-14(29-20-8-3-16(22)13-19(20)23)21(28)24-17-4-6-18(7-5-17)26-11-9-25(10-12-26)15(2)27/h3-8,13-14H,9-12H2,1-2H3,(H,24,28)/t14-/m0/s1. The first-order chi connectivity index (χ1) is 13.8. The number of rotatable bonds is 5. The van der Waals surface area contributed by atoms with Crippen LogP contribution in [0.25, 0.3) is 0 Å². The number of carbonyl (C=O) groups excluding carboxylic acids is 2. The molecule has 1 fully saturated rings. The molecule has 6 nitrogen and oxygen atoms in total. The average molecular weight is 436 g/mol. The van der Waals surface area contributed by atoms with Gasteiger partial charge in [0.1, 0.15) is 5.75 Å². The predicted octanol–water partition coefficient (Wildman–Crippen LogP) is 4.07. The molecule has 1 aliphatic rings. The zero-order chi connectivity index (χ0) is 21.0. The Balaban J connectivity index is 1.55. The molecule has 29 heavy (non-hydrogen) atoms. The van der Waals surface area contributed by atoms with Gasteiger partial charge in [-0.05, 0) is 49.4 Å². The molecule has 0 aromatic heterocycles. The third kappa shape index (κ3) is 5.55. The highest BCUT2D eigenvalue weighted by atomic mass is 35.5. The lowest BCUT2D eigenvalue weighted by atomic mass is 10.2. The highest BCUT2D eigenvalue weighted by Crippen LogP contribution is 2.28. The number of ether oxygens (including phenoxy) is 1. The van der Waals surface area contributed by atoms with Crippen LogP contribution >= 0.6 is 23.2 Å². The van der Waals surface area contributed by atoms with E-state index >= 15 is 0 Å². The molecule has 1 heterocycles. The summed E-state index contributed by atoms with van der Waals surface area (Å²) in [5.74, 6) is 0.233. The van der Waals surface area contributed by atoms with Gasteiger partial charge >= 0.3 is 0 Å². The van der Waals surface area contributed by atoms with Gasteiger partial charge in [-0.3, -0.25) is 9.59 Å². The van der Waals surface area contributed by atoms with Crippen LogP contribution in [-0.4, -0.2) is 49.0 Å². The molecule has 0 unspecified atom stereocenters. The number of halogens is 2. The summed E-state index contributed by atoms with van der Waals surface area (Å²) in [6.07, 6.45) is -0.729. The predicted molar refractivity (Wildman–Crippen MR) is 116 cm³/mol. The zero-order valence-corrected chi connectivity index (χ0v) is 17.8. The van der Waals surface area contributed by atoms with Crippen LogP contribution in [0, 0.1) is 0 Å². The highest BCUT2D eigenvalue weighted by molar-refractivity contribution is 6.35. The van der Waals surface area contributed by atoms with Crippen molar-refractivity contribution in [1.29, 1.82) is 0 Å². The Bertz CT molecular complexity index is 881. The number of anilines is 2. The van der Waals surface area contributed by atoms with Gasteiger partial charge in [0.15, 0.2) is 6.10 Å². The van der Waals surface area contributed by atoms with Gasteiger partial charge in [0.2, 0.25) is 5.91 Å². The summed E-state index contributed by atoms with van der Waals surface area (Å²) in [5.41, 5.74) is 1.74. The van der Waals surface area contributed by atoms with Gasteiger partial charge in [-0.15, -0.1) is 0 Å². The number of piperazine rings is 1. The maximum atomic E-state index is 12.4. The molecule has 1 N–H and O–H groups in total. The fourth-order valence-electron chi connectivity index (χ4n) is 3.09. The van der Waals surface area contributed by atoms with E-state index in [0.29, 0.717) is 21.5 Å². The monoisotopic (exact) mass is 435 g/mol. The van der Waals surface area contributed by atoms with E-state index in [1.54, 1.807) is 32.0 Å². The SMILES string of the molecule is CC(=O)N1CCN(c2ccc(NC(=O)[C@H](C)Oc3ccc(Cl)cc3Cl)cc2)CC1. The summed E-state index contributed by atoms with van der Waals surface area (Å²) in [6, 6.07) is 12.5. The van der Waals surface area contributed by atoms with Crippen molar-refractivity contribution in [2.24, 2.45) is 0 Å². The molecule has 8 heteroatoms. The first-order valence-electron chi connectivity index (χ1n) is 9.36. The molecular weight excluding hydrogens is 413 g/mol. The van der Waals surface area contributed by atoms with E-state index in [0.717, 1.165) is 31.9 Å². The van der Waals surface area contributed by atoms with E-state index in [1.165, 1.54) is 0 Å². The van der Waals surface area contributed by atoms with Crippen molar-refractivity contribution in [3.63, 3.8) is 0 Å². The fourth-order valence-corrected chi connectivity index (χ4v) is 3.55. The fraction of sp³-hybridized carbons (Fsp3) is 0.333. The van der Waals surface area contributed by atoms with E-state index in [1.807, 2.05) is 29.2 Å². The van der Waals surface area contributed by atoms with Gasteiger partial charge in [-0.25, -0.2) is 0 Å². The molecule has 0 bridgehead atoms. The maximum absolute atomic E-state index is 12.4. The molecule has 154 valence electrons. The minimum absolute atomic E-state index is 0.110. The Hall–Kier alpha value is -2.44. The zero-order valence-electron chi connectivity index (χ0n) is 16.3. The molecule has 1 saturated heterocycles. The Kier molecular flexibility index (Phi) is 6.87. The van der Waals surface area contributed by atoms with Crippen LogP contribution < -0.4 is 15.0 Å². The second-order valence-corrected chi connectivity index (χ2v) is 7.71. The Labute approximate surface area is 180 Å². The van der Waals surface area contributed by atoms with Crippen LogP contribution in [0.3, 0.4) is 0 Å². The van der Waals surface area contributed by atoms with Crippen molar-refractivity contribution >= 4 is 46.4 Å². The number of hydrogen-bond donors (Lipinski definition) is 1. The summed E-state index contributed by atoms with van der Waals surface area (Å²) in [4.78, 5) is 27.9. The summed E-state index contributed by atoms with van der Waals surface area (Å²) < 4.78 is 5.64. The summed E-state index contributed by atoms with van der Waals surface area (Å²) in [5, 5.41) is 3.70. The molecule has 0 aliphatic carbocycles. The van der Waals surface area contributed by atoms with Gasteiger partial charge in [-0.1, -0.05) is 23.2 Å². The van der Waals surface area contributed by atoms with E-state index in [-0.39, 0.29) is 11.8 Å². The molecule has 0 radical (unpaired) electrons. The van der Waals surface area contributed by atoms with Crippen molar-refractivity contribution in [2.75, 3.05) is 36.4 Å². The lowest BCUT2D eigenvalue weighted by molar-refractivity contribution is -0.129. The van der Waals surface area contributed by atoms with Crippen LogP contribution in [0.4, 0.5) is 11.4 Å². The molecule has 0 spiro atoms. The molecular formula is C21H23Cl2N3O3. The second-order valence-electron chi connectivity index (χ2n) is 6.86. The number of amides is 2. The molecule has 0 saturated carbocycles. The van der Waals surface area contributed by atoms with Gasteiger partial charge in [0, 0.05) is 49.5 Å². The molecule has 1 atom stereocenters. The van der Waals surface area contributed by atoms with Gasteiger partial charge in [0.25, 0.3) is 5.91 Å². The van der Waals surface area contributed by atoms with Crippen LogP contribution in [0.5, 0.6) is 5.75 Å². The van der Waals surface area contributed by atoms with Crippen molar-refractivity contribution in [3.8, 4) is 5.75 Å². The smallest absolute Gasteiger partial charge is 0.265 e. The molecule has 3 rings (SSSR count). The maximum Gasteiger partial charge on any atom is 0.265 e. The Morgan fingerprint density at radius 2 is 1.69 bits per heavy atom. The van der Waals surface area contributed by atoms with Crippen LogP contribution in [-0.2, 0) is 9.59 Å². The number of nitrogens with one attached hydrogen (secondary N) is 1. The summed E-state index contributed by atoms with van der Waals surface area (Å²) >= 11 is 12.0. The third-order valence-electron chi connectivity index (χ3n) is 4.79. The average Bonchev–Trinajstić information content (AvgIpc) is 2.70. The minimum Gasteiger partial charge on any atom is -0.479 e. The highest BCUT2D eigenvalue weighted by Gasteiger charge is 2.19. The van der Waals surface area contributed by atoms with E-state index in [9.17, 15) is 9.59 Å². The summed E-state index contributed by atoms with van der Waals surface area (Å²) in [6.45, 7) is 6.27. The first-order valence-corrected chi connectivity index (χ1v) is 10.1. The Morgan fingerprint density at radius 3 is 2.28 bits per heavy atom. The van der Waals surface area contributed by atoms with Crippen molar-refractivity contribution in [1.82, 2.24) is 4.90 Å². The topological polar surface area (TPSA) is 61.9 Å². The lowest BCUT2D eigenvalue weighted by Crippen LogP contribution is -2.48. The van der Waals surface area contributed by atoms with Crippen LogP contribution in [0.15, 0.2) is 42.5 Å². The van der Waals surface area contributed by atoms with Gasteiger partial charge < -0.3 is 19.9 Å². The largest absolute Gasteiger partial charge is 0.479 e. The third-order valence-corrected chi connectivity index (χ3v) is 5.32.